The smallest absolute Gasteiger partial charge is 0.127 e. The summed E-state index contributed by atoms with van der Waals surface area (Å²) in [6.45, 7) is 2.05. The van der Waals surface area contributed by atoms with Crippen molar-refractivity contribution in [3.05, 3.63) is 59.2 Å². The standard InChI is InChI=1S/C16H19NO2/c1-11-7-4-5-8-12(11)16(17)15-13(18-2)9-6-10-14(15)19-3/h4-10,16H,17H2,1-3H3. The van der Waals surface area contributed by atoms with Gasteiger partial charge < -0.3 is 15.2 Å². The third kappa shape index (κ3) is 2.56. The third-order valence-corrected chi connectivity index (χ3v) is 3.30. The summed E-state index contributed by atoms with van der Waals surface area (Å²) in [6.07, 6.45) is 0. The maximum Gasteiger partial charge on any atom is 0.127 e. The van der Waals surface area contributed by atoms with Crippen LogP contribution in [0.3, 0.4) is 0 Å². The van der Waals surface area contributed by atoms with Crippen LogP contribution in [0.1, 0.15) is 22.7 Å². The molecule has 1 atom stereocenters. The highest BCUT2D eigenvalue weighted by Gasteiger charge is 2.20. The Labute approximate surface area is 114 Å². The van der Waals surface area contributed by atoms with Gasteiger partial charge in [-0.2, -0.15) is 0 Å². The second-order valence-corrected chi connectivity index (χ2v) is 4.41. The van der Waals surface area contributed by atoms with Crippen LogP contribution in [0.5, 0.6) is 11.5 Å². The predicted molar refractivity (Wildman–Crippen MR) is 76.8 cm³/mol. The summed E-state index contributed by atoms with van der Waals surface area (Å²) >= 11 is 0. The van der Waals surface area contributed by atoms with Gasteiger partial charge in [-0.15, -0.1) is 0 Å². The van der Waals surface area contributed by atoms with Gasteiger partial charge >= 0.3 is 0 Å². The van der Waals surface area contributed by atoms with Crippen molar-refractivity contribution in [2.75, 3.05) is 14.2 Å². The van der Waals surface area contributed by atoms with Crippen molar-refractivity contribution in [2.24, 2.45) is 5.73 Å². The molecular formula is C16H19NO2. The number of ether oxygens (including phenoxy) is 2. The van der Waals surface area contributed by atoms with Gasteiger partial charge in [0.2, 0.25) is 0 Å². The predicted octanol–water partition coefficient (Wildman–Crippen LogP) is 3.06. The van der Waals surface area contributed by atoms with Crippen LogP contribution < -0.4 is 15.2 Å². The van der Waals surface area contributed by atoms with Crippen LogP contribution in [0.4, 0.5) is 0 Å². The van der Waals surface area contributed by atoms with Crippen LogP contribution in [0.15, 0.2) is 42.5 Å². The highest BCUT2D eigenvalue weighted by molar-refractivity contribution is 5.51. The minimum atomic E-state index is -0.271. The lowest BCUT2D eigenvalue weighted by Gasteiger charge is -2.20. The van der Waals surface area contributed by atoms with E-state index in [1.807, 2.05) is 36.4 Å². The summed E-state index contributed by atoms with van der Waals surface area (Å²) in [5, 5.41) is 0. The molecule has 0 saturated carbocycles. The fraction of sp³-hybridized carbons (Fsp3) is 0.250. The first kappa shape index (κ1) is 13.4. The topological polar surface area (TPSA) is 44.5 Å². The average Bonchev–Trinajstić information content (AvgIpc) is 2.46. The van der Waals surface area contributed by atoms with Gasteiger partial charge in [0.25, 0.3) is 0 Å². The molecule has 0 bridgehead atoms. The summed E-state index contributed by atoms with van der Waals surface area (Å²) in [5.41, 5.74) is 9.52. The molecule has 0 aliphatic heterocycles. The first-order valence-electron chi connectivity index (χ1n) is 6.21. The summed E-state index contributed by atoms with van der Waals surface area (Å²) < 4.78 is 10.8. The molecule has 0 aliphatic carbocycles. The second kappa shape index (κ2) is 5.76. The van der Waals surface area contributed by atoms with Crippen LogP contribution in [0.2, 0.25) is 0 Å². The van der Waals surface area contributed by atoms with Crippen LogP contribution >= 0.6 is 0 Å². The highest BCUT2D eigenvalue weighted by atomic mass is 16.5. The van der Waals surface area contributed by atoms with Crippen LogP contribution in [-0.2, 0) is 0 Å². The summed E-state index contributed by atoms with van der Waals surface area (Å²) in [4.78, 5) is 0. The van der Waals surface area contributed by atoms with E-state index >= 15 is 0 Å². The second-order valence-electron chi connectivity index (χ2n) is 4.41. The van der Waals surface area contributed by atoms with E-state index in [9.17, 15) is 0 Å². The molecule has 2 aromatic carbocycles. The van der Waals surface area contributed by atoms with E-state index in [0.29, 0.717) is 0 Å². The molecule has 2 rings (SSSR count). The van der Waals surface area contributed by atoms with E-state index in [-0.39, 0.29) is 6.04 Å². The van der Waals surface area contributed by atoms with Gasteiger partial charge in [0, 0.05) is 0 Å². The Kier molecular flexibility index (Phi) is 4.07. The van der Waals surface area contributed by atoms with Gasteiger partial charge in [-0.05, 0) is 30.2 Å². The fourth-order valence-corrected chi connectivity index (χ4v) is 2.28. The molecule has 100 valence electrons. The quantitative estimate of drug-likeness (QED) is 0.915. The lowest BCUT2D eigenvalue weighted by molar-refractivity contribution is 0.382. The van der Waals surface area contributed by atoms with E-state index < -0.39 is 0 Å². The Morgan fingerprint density at radius 3 is 2.00 bits per heavy atom. The molecule has 0 fully saturated rings. The van der Waals surface area contributed by atoms with E-state index in [2.05, 4.69) is 13.0 Å². The molecule has 0 saturated heterocycles. The van der Waals surface area contributed by atoms with Crippen LogP contribution in [0, 0.1) is 6.92 Å². The lowest BCUT2D eigenvalue weighted by atomic mass is 9.94. The minimum absolute atomic E-state index is 0.271. The molecule has 3 heteroatoms. The Bertz CT molecular complexity index is 544. The molecule has 0 aromatic heterocycles. The maximum absolute atomic E-state index is 6.41. The molecule has 1 unspecified atom stereocenters. The Morgan fingerprint density at radius 2 is 1.47 bits per heavy atom. The van der Waals surface area contributed by atoms with E-state index in [1.54, 1.807) is 14.2 Å². The molecule has 0 amide bonds. The molecule has 19 heavy (non-hydrogen) atoms. The molecule has 0 spiro atoms. The van der Waals surface area contributed by atoms with Gasteiger partial charge in [0.15, 0.2) is 0 Å². The van der Waals surface area contributed by atoms with E-state index in [1.165, 1.54) is 0 Å². The van der Waals surface area contributed by atoms with Gasteiger partial charge in [-0.3, -0.25) is 0 Å². The SMILES string of the molecule is COc1cccc(OC)c1C(N)c1ccccc1C. The molecule has 0 heterocycles. The van der Waals surface area contributed by atoms with Crippen molar-refractivity contribution < 1.29 is 9.47 Å². The molecule has 0 aliphatic rings. The zero-order valence-corrected chi connectivity index (χ0v) is 11.5. The molecule has 2 N–H and O–H groups in total. The van der Waals surface area contributed by atoms with E-state index in [4.69, 9.17) is 15.2 Å². The molecule has 2 aromatic rings. The fourth-order valence-electron chi connectivity index (χ4n) is 2.28. The number of rotatable bonds is 4. The van der Waals surface area contributed by atoms with Gasteiger partial charge in [0.1, 0.15) is 11.5 Å². The Hall–Kier alpha value is -2.00. The first-order valence-corrected chi connectivity index (χ1v) is 6.21. The molecular weight excluding hydrogens is 238 g/mol. The Balaban J connectivity index is 2.55. The molecule has 3 nitrogen and oxygen atoms in total. The van der Waals surface area contributed by atoms with Gasteiger partial charge in [0.05, 0.1) is 25.8 Å². The first-order chi connectivity index (χ1) is 9.19. The largest absolute Gasteiger partial charge is 0.496 e. The van der Waals surface area contributed by atoms with Crippen LogP contribution in [-0.4, -0.2) is 14.2 Å². The van der Waals surface area contributed by atoms with E-state index in [0.717, 1.165) is 28.2 Å². The van der Waals surface area contributed by atoms with Gasteiger partial charge in [-0.1, -0.05) is 30.3 Å². The van der Waals surface area contributed by atoms with Crippen molar-refractivity contribution in [2.45, 2.75) is 13.0 Å². The van der Waals surface area contributed by atoms with Crippen molar-refractivity contribution in [1.29, 1.82) is 0 Å². The number of hydrogen-bond acceptors (Lipinski definition) is 3. The number of methoxy groups -OCH3 is 2. The lowest BCUT2D eigenvalue weighted by Crippen LogP contribution is -2.15. The van der Waals surface area contributed by atoms with Crippen molar-refractivity contribution >= 4 is 0 Å². The Morgan fingerprint density at radius 1 is 0.895 bits per heavy atom. The summed E-state index contributed by atoms with van der Waals surface area (Å²) in [5.74, 6) is 1.49. The number of aryl methyl sites for hydroxylation is 1. The van der Waals surface area contributed by atoms with Gasteiger partial charge in [-0.25, -0.2) is 0 Å². The third-order valence-electron chi connectivity index (χ3n) is 3.30. The van der Waals surface area contributed by atoms with Crippen molar-refractivity contribution in [3.63, 3.8) is 0 Å². The monoisotopic (exact) mass is 257 g/mol. The molecule has 0 radical (unpaired) electrons. The van der Waals surface area contributed by atoms with Crippen LogP contribution in [0.25, 0.3) is 0 Å². The number of hydrogen-bond donors (Lipinski definition) is 1. The average molecular weight is 257 g/mol. The number of benzene rings is 2. The summed E-state index contributed by atoms with van der Waals surface area (Å²) in [7, 11) is 3.28. The zero-order valence-electron chi connectivity index (χ0n) is 11.5. The minimum Gasteiger partial charge on any atom is -0.496 e. The normalized spacial score (nSPS) is 12.0. The summed E-state index contributed by atoms with van der Waals surface area (Å²) in [6, 6.07) is 13.5. The number of nitrogens with two attached hydrogens (primary N) is 1. The van der Waals surface area contributed by atoms with Crippen molar-refractivity contribution in [1.82, 2.24) is 0 Å². The zero-order chi connectivity index (χ0) is 13.8. The van der Waals surface area contributed by atoms with Crippen molar-refractivity contribution in [3.8, 4) is 11.5 Å². The maximum atomic E-state index is 6.41. The highest BCUT2D eigenvalue weighted by Crippen LogP contribution is 2.36.